The Kier molecular flexibility index (Phi) is 16.7. The standard InChI is InChI=1S/C48H72N6O8/c1-12-31(6)42(52(9)46(58)41(30(4)5)50-45(57)40(49-8)29(2)3)38(60-10)25-39(55)53-24-18-23-37(53)43(61-11)32(7)44(56)51-48(26-36(48)33-19-14-13-15-20-33)47(59)54-27-34-21-16-17-22-35(34)28-62-54/h13-17,19-22,29-32,36-38,40-43,49H,12,18,23-28H2,1-11H3,(H,50,57)(H,51,56)/t31-,32+,36+,37-,38+,40-,41-,42-,43-,48-/m0/s1. The van der Waals surface area contributed by atoms with Crippen LogP contribution >= 0.6 is 0 Å². The topological polar surface area (TPSA) is 159 Å². The minimum absolute atomic E-state index is 0.000146. The van der Waals surface area contributed by atoms with Gasteiger partial charge in [-0.15, -0.1) is 0 Å². The Bertz CT molecular complexity index is 1860. The molecule has 14 heteroatoms. The third-order valence-electron chi connectivity index (χ3n) is 13.7. The van der Waals surface area contributed by atoms with Crippen molar-refractivity contribution in [3.63, 3.8) is 0 Å². The third kappa shape index (κ3) is 10.5. The van der Waals surface area contributed by atoms with Crippen molar-refractivity contribution >= 4 is 29.5 Å². The lowest BCUT2D eigenvalue weighted by molar-refractivity contribution is -0.204. The van der Waals surface area contributed by atoms with E-state index in [-0.39, 0.29) is 72.8 Å². The molecule has 1 aliphatic carbocycles. The van der Waals surface area contributed by atoms with Gasteiger partial charge in [-0.05, 0) is 60.8 Å². The number of hydroxylamine groups is 2. The maximum Gasteiger partial charge on any atom is 0.272 e. The van der Waals surface area contributed by atoms with Crippen LogP contribution in [0.5, 0.6) is 0 Å². The Morgan fingerprint density at radius 3 is 2.13 bits per heavy atom. The molecule has 0 aromatic heterocycles. The number of nitrogens with zero attached hydrogens (tertiary/aromatic N) is 3. The smallest absolute Gasteiger partial charge is 0.272 e. The molecule has 2 aliphatic heterocycles. The second-order valence-electron chi connectivity index (χ2n) is 18.3. The van der Waals surface area contributed by atoms with Crippen LogP contribution in [0.3, 0.4) is 0 Å². The number of benzene rings is 2. The minimum atomic E-state index is -1.21. The summed E-state index contributed by atoms with van der Waals surface area (Å²) in [6.45, 7) is 14.6. The molecule has 0 bridgehead atoms. The molecule has 3 N–H and O–H groups in total. The normalized spacial score (nSPS) is 23.1. The number of hydrogen-bond acceptors (Lipinski definition) is 9. The van der Waals surface area contributed by atoms with Gasteiger partial charge in [0.05, 0.1) is 49.2 Å². The highest BCUT2D eigenvalue weighted by Crippen LogP contribution is 2.53. The van der Waals surface area contributed by atoms with Crippen molar-refractivity contribution < 1.29 is 38.3 Å². The van der Waals surface area contributed by atoms with E-state index in [1.807, 2.05) is 96.1 Å². The number of nitrogens with one attached hydrogen (secondary N) is 3. The molecule has 5 amide bonds. The molecule has 2 fully saturated rings. The van der Waals surface area contributed by atoms with Crippen LogP contribution in [0.1, 0.15) is 103 Å². The Labute approximate surface area is 369 Å². The summed E-state index contributed by atoms with van der Waals surface area (Å²) >= 11 is 0. The molecule has 342 valence electrons. The van der Waals surface area contributed by atoms with Gasteiger partial charge in [0.25, 0.3) is 5.91 Å². The van der Waals surface area contributed by atoms with Gasteiger partial charge >= 0.3 is 0 Å². The fraction of sp³-hybridized carbons (Fsp3) is 0.646. The van der Waals surface area contributed by atoms with Crippen LogP contribution in [0.2, 0.25) is 0 Å². The van der Waals surface area contributed by atoms with Crippen molar-refractivity contribution in [2.75, 3.05) is 34.9 Å². The second-order valence-corrected chi connectivity index (χ2v) is 18.3. The Morgan fingerprint density at radius 1 is 0.887 bits per heavy atom. The predicted octanol–water partition coefficient (Wildman–Crippen LogP) is 4.81. The lowest BCUT2D eigenvalue weighted by atomic mass is 9.89. The molecule has 0 unspecified atom stereocenters. The van der Waals surface area contributed by atoms with Crippen molar-refractivity contribution in [3.8, 4) is 0 Å². The molecule has 3 aliphatic rings. The number of fused-ring (bicyclic) bond motifs is 1. The molecule has 0 spiro atoms. The first-order valence-electron chi connectivity index (χ1n) is 22.5. The second kappa shape index (κ2) is 21.3. The van der Waals surface area contributed by atoms with Gasteiger partial charge in [0.15, 0.2) is 0 Å². The van der Waals surface area contributed by atoms with E-state index in [2.05, 4.69) is 16.0 Å². The zero-order chi connectivity index (χ0) is 45.5. The Morgan fingerprint density at radius 2 is 1.53 bits per heavy atom. The summed E-state index contributed by atoms with van der Waals surface area (Å²) in [6, 6.07) is 15.5. The van der Waals surface area contributed by atoms with Crippen LogP contribution in [-0.2, 0) is 51.4 Å². The zero-order valence-corrected chi connectivity index (χ0v) is 38.8. The van der Waals surface area contributed by atoms with E-state index in [0.29, 0.717) is 19.4 Å². The third-order valence-corrected chi connectivity index (χ3v) is 13.7. The number of likely N-dealkylation sites (tertiary alicyclic amines) is 1. The lowest BCUT2D eigenvalue weighted by Gasteiger charge is -2.41. The molecule has 2 aromatic carbocycles. The molecule has 0 radical (unpaired) electrons. The lowest BCUT2D eigenvalue weighted by Crippen LogP contribution is -2.59. The van der Waals surface area contributed by atoms with Crippen molar-refractivity contribution in [2.24, 2.45) is 23.7 Å². The van der Waals surface area contributed by atoms with Crippen molar-refractivity contribution in [3.05, 3.63) is 71.3 Å². The van der Waals surface area contributed by atoms with Gasteiger partial charge in [-0.1, -0.05) is 109 Å². The molecule has 1 saturated carbocycles. The van der Waals surface area contributed by atoms with Crippen LogP contribution in [0.4, 0.5) is 0 Å². The molecule has 5 rings (SSSR count). The van der Waals surface area contributed by atoms with Crippen molar-refractivity contribution in [1.82, 2.24) is 30.8 Å². The number of rotatable bonds is 20. The molecule has 1 saturated heterocycles. The molecule has 10 atom stereocenters. The van der Waals surface area contributed by atoms with Crippen LogP contribution in [0.25, 0.3) is 0 Å². The van der Waals surface area contributed by atoms with Gasteiger partial charge < -0.3 is 35.2 Å². The number of likely N-dealkylation sites (N-methyl/N-ethyl adjacent to an activating group) is 2. The van der Waals surface area contributed by atoms with Crippen LogP contribution in [0.15, 0.2) is 54.6 Å². The first kappa shape index (κ1) is 48.7. The van der Waals surface area contributed by atoms with E-state index >= 15 is 0 Å². The van der Waals surface area contributed by atoms with Gasteiger partial charge in [-0.3, -0.25) is 28.8 Å². The molecule has 14 nitrogen and oxygen atoms in total. The van der Waals surface area contributed by atoms with E-state index in [1.54, 1.807) is 45.0 Å². The number of ether oxygens (including phenoxy) is 2. The molecular formula is C48H72N6O8. The minimum Gasteiger partial charge on any atom is -0.379 e. The highest BCUT2D eigenvalue weighted by Gasteiger charge is 2.64. The Hall–Kier alpha value is -4.37. The van der Waals surface area contributed by atoms with E-state index in [0.717, 1.165) is 29.5 Å². The fourth-order valence-electron chi connectivity index (χ4n) is 9.72. The van der Waals surface area contributed by atoms with E-state index in [1.165, 1.54) is 5.06 Å². The predicted molar refractivity (Wildman–Crippen MR) is 237 cm³/mol. The zero-order valence-electron chi connectivity index (χ0n) is 38.8. The average molecular weight is 861 g/mol. The van der Waals surface area contributed by atoms with E-state index < -0.39 is 47.8 Å². The van der Waals surface area contributed by atoms with E-state index in [4.69, 9.17) is 14.3 Å². The molecule has 62 heavy (non-hydrogen) atoms. The quantitative estimate of drug-likeness (QED) is 0.170. The fourth-order valence-corrected chi connectivity index (χ4v) is 9.72. The van der Waals surface area contributed by atoms with Crippen LogP contribution < -0.4 is 16.0 Å². The number of methoxy groups -OCH3 is 2. The van der Waals surface area contributed by atoms with Gasteiger partial charge in [0.1, 0.15) is 18.2 Å². The summed E-state index contributed by atoms with van der Waals surface area (Å²) in [5, 5.41) is 10.6. The van der Waals surface area contributed by atoms with Crippen LogP contribution in [0, 0.1) is 23.7 Å². The monoisotopic (exact) mass is 861 g/mol. The van der Waals surface area contributed by atoms with Crippen molar-refractivity contribution in [2.45, 2.75) is 142 Å². The number of carbonyl (C=O) groups excluding carboxylic acids is 5. The first-order chi connectivity index (χ1) is 29.5. The Balaban J connectivity index is 1.31. The van der Waals surface area contributed by atoms with Gasteiger partial charge in [0.2, 0.25) is 23.6 Å². The van der Waals surface area contributed by atoms with Gasteiger partial charge in [-0.2, -0.15) is 0 Å². The maximum absolute atomic E-state index is 14.5. The van der Waals surface area contributed by atoms with Gasteiger partial charge in [-0.25, -0.2) is 5.06 Å². The first-order valence-corrected chi connectivity index (χ1v) is 22.5. The van der Waals surface area contributed by atoms with E-state index in [9.17, 15) is 24.0 Å². The SMILES string of the molecule is CC[C@H](C)[C@@H]([C@@H](CC(=O)N1CCC[C@H]1[C@@H](OC)[C@@H](C)C(=O)N[C@@]1(C(=O)N2Cc3ccccc3CO2)C[C@@H]1c1ccccc1)OC)N(C)C(=O)[C@@H](NC(=O)[C@@H](NC)C(C)C)C(C)C. The molecule has 2 aromatic rings. The number of amides is 5. The van der Waals surface area contributed by atoms with Crippen molar-refractivity contribution in [1.29, 1.82) is 0 Å². The number of hydrogen-bond donors (Lipinski definition) is 3. The average Bonchev–Trinajstić information content (AvgIpc) is 3.79. The number of carbonyl (C=O) groups is 5. The highest BCUT2D eigenvalue weighted by atomic mass is 16.7. The summed E-state index contributed by atoms with van der Waals surface area (Å²) in [6.07, 6.45) is 1.18. The molecule has 2 heterocycles. The van der Waals surface area contributed by atoms with Crippen LogP contribution in [-0.4, -0.2) is 121 Å². The summed E-state index contributed by atoms with van der Waals surface area (Å²) in [5.41, 5.74) is 1.77. The summed E-state index contributed by atoms with van der Waals surface area (Å²) < 4.78 is 12.2. The highest BCUT2D eigenvalue weighted by molar-refractivity contribution is 5.96. The largest absolute Gasteiger partial charge is 0.379 e. The molecular weight excluding hydrogens is 789 g/mol. The maximum atomic E-state index is 14.5. The summed E-state index contributed by atoms with van der Waals surface area (Å²) in [5.74, 6) is -2.47. The van der Waals surface area contributed by atoms with Gasteiger partial charge in [0, 0.05) is 33.7 Å². The summed E-state index contributed by atoms with van der Waals surface area (Å²) in [4.78, 5) is 80.3. The summed E-state index contributed by atoms with van der Waals surface area (Å²) in [7, 11) is 6.58.